The molecule has 98 valence electrons. The molecule has 3 N–H and O–H groups in total. The number of rotatable bonds is 4. The first kappa shape index (κ1) is 12.8. The van der Waals surface area contributed by atoms with Crippen molar-refractivity contribution in [3.8, 4) is 0 Å². The summed E-state index contributed by atoms with van der Waals surface area (Å²) in [5.74, 6) is 0.181. The number of aliphatic hydroxyl groups excluding tert-OH is 1. The maximum Gasteiger partial charge on any atom is 0.227 e. The molecule has 0 heterocycles. The second-order valence-corrected chi connectivity index (χ2v) is 5.39. The van der Waals surface area contributed by atoms with Crippen molar-refractivity contribution in [1.29, 1.82) is 0 Å². The lowest BCUT2D eigenvalue weighted by Gasteiger charge is -2.29. The molecule has 0 saturated heterocycles. The highest BCUT2D eigenvalue weighted by molar-refractivity contribution is 5.80. The number of hydrogen-bond acceptors (Lipinski definition) is 3. The summed E-state index contributed by atoms with van der Waals surface area (Å²) in [5.41, 5.74) is 6.12. The fourth-order valence-corrected chi connectivity index (χ4v) is 2.82. The lowest BCUT2D eigenvalue weighted by Crippen LogP contribution is -2.45. The Morgan fingerprint density at radius 2 is 1.88 bits per heavy atom. The SMILES string of the molecule is NC1CCCCCC1C(=O)N(CCO)C1CC1. The first-order valence-electron chi connectivity index (χ1n) is 6.91. The van der Waals surface area contributed by atoms with Crippen LogP contribution in [0.15, 0.2) is 0 Å². The molecule has 4 nitrogen and oxygen atoms in total. The van der Waals surface area contributed by atoms with Gasteiger partial charge in [-0.05, 0) is 25.7 Å². The van der Waals surface area contributed by atoms with Crippen molar-refractivity contribution < 1.29 is 9.90 Å². The van der Waals surface area contributed by atoms with Crippen molar-refractivity contribution in [2.45, 2.75) is 57.0 Å². The second-order valence-electron chi connectivity index (χ2n) is 5.39. The van der Waals surface area contributed by atoms with E-state index in [4.69, 9.17) is 10.8 Å². The van der Waals surface area contributed by atoms with Gasteiger partial charge in [-0.3, -0.25) is 4.79 Å². The summed E-state index contributed by atoms with van der Waals surface area (Å²) < 4.78 is 0. The van der Waals surface area contributed by atoms with Gasteiger partial charge in [-0.2, -0.15) is 0 Å². The van der Waals surface area contributed by atoms with E-state index >= 15 is 0 Å². The molecule has 0 aromatic heterocycles. The molecule has 4 heteroatoms. The lowest BCUT2D eigenvalue weighted by atomic mass is 9.94. The van der Waals surface area contributed by atoms with Crippen LogP contribution in [0.2, 0.25) is 0 Å². The maximum atomic E-state index is 12.5. The summed E-state index contributed by atoms with van der Waals surface area (Å²) in [5, 5.41) is 9.06. The van der Waals surface area contributed by atoms with Gasteiger partial charge in [0.25, 0.3) is 0 Å². The standard InChI is InChI=1S/C13H24N2O2/c14-12-5-3-1-2-4-11(12)13(17)15(8-9-16)10-6-7-10/h10-12,16H,1-9,14H2. The molecule has 0 spiro atoms. The quantitative estimate of drug-likeness (QED) is 0.717. The van der Waals surface area contributed by atoms with Gasteiger partial charge in [0.15, 0.2) is 0 Å². The van der Waals surface area contributed by atoms with Crippen molar-refractivity contribution in [2.75, 3.05) is 13.2 Å². The van der Waals surface area contributed by atoms with Gasteiger partial charge in [0, 0.05) is 18.6 Å². The Hall–Kier alpha value is -0.610. The Kier molecular flexibility index (Phi) is 4.40. The Labute approximate surface area is 103 Å². The third-order valence-electron chi connectivity index (χ3n) is 4.00. The zero-order chi connectivity index (χ0) is 12.3. The van der Waals surface area contributed by atoms with Crippen LogP contribution in [0.4, 0.5) is 0 Å². The molecule has 2 fully saturated rings. The van der Waals surface area contributed by atoms with E-state index in [1.807, 2.05) is 4.90 Å². The predicted molar refractivity (Wildman–Crippen MR) is 66.4 cm³/mol. The van der Waals surface area contributed by atoms with Gasteiger partial charge < -0.3 is 15.7 Å². The molecule has 0 aromatic carbocycles. The van der Waals surface area contributed by atoms with Crippen LogP contribution in [0.3, 0.4) is 0 Å². The minimum Gasteiger partial charge on any atom is -0.395 e. The average molecular weight is 240 g/mol. The van der Waals surface area contributed by atoms with E-state index in [2.05, 4.69) is 0 Å². The van der Waals surface area contributed by atoms with Crippen LogP contribution in [-0.2, 0) is 4.79 Å². The summed E-state index contributed by atoms with van der Waals surface area (Å²) in [6.07, 6.45) is 7.53. The van der Waals surface area contributed by atoms with Crippen LogP contribution in [0.5, 0.6) is 0 Å². The molecule has 0 aromatic rings. The van der Waals surface area contributed by atoms with E-state index in [0.29, 0.717) is 12.6 Å². The molecule has 2 atom stereocenters. The van der Waals surface area contributed by atoms with Gasteiger partial charge in [0.1, 0.15) is 0 Å². The molecule has 0 radical (unpaired) electrons. The van der Waals surface area contributed by atoms with Crippen molar-refractivity contribution in [3.05, 3.63) is 0 Å². The van der Waals surface area contributed by atoms with Gasteiger partial charge in [-0.25, -0.2) is 0 Å². The minimum atomic E-state index is -0.00958. The van der Waals surface area contributed by atoms with Crippen LogP contribution in [0.25, 0.3) is 0 Å². The monoisotopic (exact) mass is 240 g/mol. The van der Waals surface area contributed by atoms with Crippen molar-refractivity contribution in [3.63, 3.8) is 0 Å². The highest BCUT2D eigenvalue weighted by Crippen LogP contribution is 2.31. The molecule has 2 unspecified atom stereocenters. The third-order valence-corrected chi connectivity index (χ3v) is 4.00. The second kappa shape index (κ2) is 5.83. The highest BCUT2D eigenvalue weighted by Gasteiger charge is 2.37. The van der Waals surface area contributed by atoms with Gasteiger partial charge in [0.05, 0.1) is 12.5 Å². The summed E-state index contributed by atoms with van der Waals surface area (Å²) >= 11 is 0. The van der Waals surface area contributed by atoms with Gasteiger partial charge >= 0.3 is 0 Å². The number of nitrogens with zero attached hydrogens (tertiary/aromatic N) is 1. The number of hydrogen-bond donors (Lipinski definition) is 2. The maximum absolute atomic E-state index is 12.5. The normalized spacial score (nSPS) is 29.8. The Morgan fingerprint density at radius 1 is 1.18 bits per heavy atom. The summed E-state index contributed by atoms with van der Waals surface area (Å²) in [6, 6.07) is 0.398. The fourth-order valence-electron chi connectivity index (χ4n) is 2.82. The zero-order valence-electron chi connectivity index (χ0n) is 10.5. The van der Waals surface area contributed by atoms with E-state index in [-0.39, 0.29) is 24.5 Å². The number of carbonyl (C=O) groups excluding carboxylic acids is 1. The smallest absolute Gasteiger partial charge is 0.227 e. The molecule has 1 amide bonds. The highest BCUT2D eigenvalue weighted by atomic mass is 16.3. The molecule has 0 aliphatic heterocycles. The van der Waals surface area contributed by atoms with Crippen LogP contribution >= 0.6 is 0 Å². The molecular formula is C13H24N2O2. The number of carbonyl (C=O) groups is 1. The van der Waals surface area contributed by atoms with Crippen molar-refractivity contribution in [2.24, 2.45) is 11.7 Å². The third kappa shape index (κ3) is 3.19. The van der Waals surface area contributed by atoms with Gasteiger partial charge in [0.2, 0.25) is 5.91 Å². The van der Waals surface area contributed by atoms with Crippen LogP contribution in [-0.4, -0.2) is 41.1 Å². The van der Waals surface area contributed by atoms with Crippen LogP contribution in [0, 0.1) is 5.92 Å². The van der Waals surface area contributed by atoms with Gasteiger partial charge in [-0.1, -0.05) is 19.3 Å². The van der Waals surface area contributed by atoms with E-state index in [9.17, 15) is 4.79 Å². The summed E-state index contributed by atoms with van der Waals surface area (Å²) in [4.78, 5) is 14.3. The van der Waals surface area contributed by atoms with Crippen molar-refractivity contribution >= 4 is 5.91 Å². The Balaban J connectivity index is 1.99. The number of nitrogens with two attached hydrogens (primary N) is 1. The fraction of sp³-hybridized carbons (Fsp3) is 0.923. The Bertz CT molecular complexity index is 266. The minimum absolute atomic E-state index is 0.00958. The number of aliphatic hydroxyl groups is 1. The molecule has 0 bridgehead atoms. The van der Waals surface area contributed by atoms with Crippen LogP contribution in [0.1, 0.15) is 44.9 Å². The summed E-state index contributed by atoms with van der Waals surface area (Å²) in [7, 11) is 0. The average Bonchev–Trinajstić information content (AvgIpc) is 3.12. The summed E-state index contributed by atoms with van der Waals surface area (Å²) in [6.45, 7) is 0.539. The molecule has 2 aliphatic rings. The van der Waals surface area contributed by atoms with E-state index in [1.54, 1.807) is 0 Å². The zero-order valence-corrected chi connectivity index (χ0v) is 10.5. The van der Waals surface area contributed by atoms with E-state index < -0.39 is 0 Å². The number of amides is 1. The van der Waals surface area contributed by atoms with E-state index in [1.165, 1.54) is 6.42 Å². The predicted octanol–water partition coefficient (Wildman–Crippen LogP) is 0.877. The first-order chi connectivity index (χ1) is 8.24. The molecule has 2 saturated carbocycles. The van der Waals surface area contributed by atoms with Crippen LogP contribution < -0.4 is 5.73 Å². The molecule has 2 rings (SSSR count). The lowest BCUT2D eigenvalue weighted by molar-refractivity contribution is -0.137. The van der Waals surface area contributed by atoms with E-state index in [0.717, 1.165) is 38.5 Å². The van der Waals surface area contributed by atoms with Gasteiger partial charge in [-0.15, -0.1) is 0 Å². The Morgan fingerprint density at radius 3 is 2.53 bits per heavy atom. The van der Waals surface area contributed by atoms with Crippen molar-refractivity contribution in [1.82, 2.24) is 4.90 Å². The molecule has 17 heavy (non-hydrogen) atoms. The largest absolute Gasteiger partial charge is 0.395 e. The first-order valence-corrected chi connectivity index (χ1v) is 6.91. The molecule has 2 aliphatic carbocycles. The molecular weight excluding hydrogens is 216 g/mol. The topological polar surface area (TPSA) is 66.6 Å².